The Morgan fingerprint density at radius 3 is 2.02 bits per heavy atom. The van der Waals surface area contributed by atoms with E-state index in [0.717, 1.165) is 53.1 Å². The van der Waals surface area contributed by atoms with Gasteiger partial charge in [0.15, 0.2) is 0 Å². The summed E-state index contributed by atoms with van der Waals surface area (Å²) < 4.78 is 34.5. The Morgan fingerprint density at radius 2 is 1.47 bits per heavy atom. The van der Waals surface area contributed by atoms with Crippen LogP contribution in [-0.4, -0.2) is 50.9 Å². The van der Waals surface area contributed by atoms with Crippen LogP contribution in [-0.2, 0) is 26.2 Å². The van der Waals surface area contributed by atoms with Crippen molar-refractivity contribution in [2.75, 3.05) is 18.0 Å². The second-order valence-electron chi connectivity index (χ2n) is 11.3. The van der Waals surface area contributed by atoms with Gasteiger partial charge in [-0.05, 0) is 75.1 Å². The molecule has 1 aliphatic rings. The number of rotatable bonds is 12. The number of benzene rings is 3. The molecule has 0 aliphatic heterocycles. The molecule has 9 heteroatoms. The standard InChI is InChI=1S/C34H43N3O5S/c1-5-32(34(39)35-28-9-7-6-8-10-28)36(23-27-15-11-25(2)12-16-27)33(38)24-37(29-17-19-30(42-4)20-18-29)43(40,41)31-21-13-26(3)14-22-31/h11-22,28,32H,5-10,23-24H2,1-4H3,(H,35,39). The summed E-state index contributed by atoms with van der Waals surface area (Å²) >= 11 is 0. The van der Waals surface area contributed by atoms with E-state index in [1.54, 1.807) is 48.5 Å². The molecular formula is C34H43N3O5S. The van der Waals surface area contributed by atoms with Crippen molar-refractivity contribution in [1.29, 1.82) is 0 Å². The van der Waals surface area contributed by atoms with Crippen LogP contribution in [0.1, 0.15) is 62.1 Å². The molecule has 3 aromatic carbocycles. The molecule has 0 aromatic heterocycles. The number of ether oxygens (including phenoxy) is 1. The second kappa shape index (κ2) is 14.6. The molecule has 1 atom stereocenters. The van der Waals surface area contributed by atoms with Gasteiger partial charge in [-0.2, -0.15) is 0 Å². The molecule has 8 nitrogen and oxygen atoms in total. The third-order valence-corrected chi connectivity index (χ3v) is 9.85. The van der Waals surface area contributed by atoms with Crippen molar-refractivity contribution >= 4 is 27.5 Å². The number of methoxy groups -OCH3 is 1. The fraction of sp³-hybridized carbons (Fsp3) is 0.412. The van der Waals surface area contributed by atoms with Gasteiger partial charge in [-0.15, -0.1) is 0 Å². The van der Waals surface area contributed by atoms with Gasteiger partial charge in [-0.25, -0.2) is 8.42 Å². The van der Waals surface area contributed by atoms with Gasteiger partial charge in [0.1, 0.15) is 18.3 Å². The Labute approximate surface area is 256 Å². The predicted octanol–water partition coefficient (Wildman–Crippen LogP) is 5.76. The fourth-order valence-electron chi connectivity index (χ4n) is 5.47. The smallest absolute Gasteiger partial charge is 0.264 e. The number of nitrogens with zero attached hydrogens (tertiary/aromatic N) is 2. The van der Waals surface area contributed by atoms with Gasteiger partial charge >= 0.3 is 0 Å². The van der Waals surface area contributed by atoms with Gasteiger partial charge < -0.3 is 15.0 Å². The van der Waals surface area contributed by atoms with Crippen LogP contribution >= 0.6 is 0 Å². The Hall–Kier alpha value is -3.85. The van der Waals surface area contributed by atoms with Gasteiger partial charge in [-0.1, -0.05) is 73.7 Å². The van der Waals surface area contributed by atoms with Crippen LogP contribution in [0.3, 0.4) is 0 Å². The molecule has 0 heterocycles. The summed E-state index contributed by atoms with van der Waals surface area (Å²) in [6.07, 6.45) is 5.55. The van der Waals surface area contributed by atoms with Crippen LogP contribution in [0.5, 0.6) is 5.75 Å². The monoisotopic (exact) mass is 605 g/mol. The molecule has 0 radical (unpaired) electrons. The van der Waals surface area contributed by atoms with E-state index >= 15 is 0 Å². The number of amides is 2. The summed E-state index contributed by atoms with van der Waals surface area (Å²) in [6.45, 7) is 5.46. The highest BCUT2D eigenvalue weighted by Gasteiger charge is 2.34. The molecule has 0 bridgehead atoms. The quantitative estimate of drug-likeness (QED) is 0.283. The average molecular weight is 606 g/mol. The first-order valence-electron chi connectivity index (χ1n) is 15.0. The van der Waals surface area contributed by atoms with E-state index in [-0.39, 0.29) is 23.4 Å². The Kier molecular flexibility index (Phi) is 10.9. The molecule has 0 spiro atoms. The number of nitrogens with one attached hydrogen (secondary N) is 1. The highest BCUT2D eigenvalue weighted by Crippen LogP contribution is 2.27. The molecule has 2 amide bonds. The van der Waals surface area contributed by atoms with E-state index in [4.69, 9.17) is 4.74 Å². The molecule has 1 aliphatic carbocycles. The topological polar surface area (TPSA) is 96.0 Å². The Balaban J connectivity index is 1.70. The van der Waals surface area contributed by atoms with E-state index in [1.807, 2.05) is 45.0 Å². The summed E-state index contributed by atoms with van der Waals surface area (Å²) in [5, 5.41) is 3.18. The fourth-order valence-corrected chi connectivity index (χ4v) is 6.88. The minimum absolute atomic E-state index is 0.0777. The van der Waals surface area contributed by atoms with Crippen molar-refractivity contribution in [2.45, 2.75) is 82.8 Å². The zero-order valence-corrected chi connectivity index (χ0v) is 26.4. The van der Waals surface area contributed by atoms with Crippen molar-refractivity contribution in [3.63, 3.8) is 0 Å². The van der Waals surface area contributed by atoms with E-state index in [0.29, 0.717) is 17.9 Å². The lowest BCUT2D eigenvalue weighted by Crippen LogP contribution is -2.54. The third kappa shape index (κ3) is 8.16. The summed E-state index contributed by atoms with van der Waals surface area (Å²) in [4.78, 5) is 29.5. The van der Waals surface area contributed by atoms with Gasteiger partial charge in [-0.3, -0.25) is 13.9 Å². The van der Waals surface area contributed by atoms with Crippen molar-refractivity contribution < 1.29 is 22.7 Å². The minimum Gasteiger partial charge on any atom is -0.497 e. The van der Waals surface area contributed by atoms with Crippen molar-refractivity contribution in [3.8, 4) is 5.75 Å². The maximum atomic E-state index is 14.3. The molecule has 1 N–H and O–H groups in total. The second-order valence-corrected chi connectivity index (χ2v) is 13.2. The lowest BCUT2D eigenvalue weighted by atomic mass is 9.95. The Morgan fingerprint density at radius 1 is 0.884 bits per heavy atom. The number of carbonyl (C=O) groups is 2. The molecular weight excluding hydrogens is 562 g/mol. The van der Waals surface area contributed by atoms with E-state index in [2.05, 4.69) is 5.32 Å². The number of hydrogen-bond donors (Lipinski definition) is 1. The lowest BCUT2D eigenvalue weighted by Gasteiger charge is -2.34. The molecule has 43 heavy (non-hydrogen) atoms. The summed E-state index contributed by atoms with van der Waals surface area (Å²) in [5.41, 5.74) is 3.19. The first-order chi connectivity index (χ1) is 20.6. The normalized spacial score (nSPS) is 14.5. The zero-order valence-electron chi connectivity index (χ0n) is 25.6. The highest BCUT2D eigenvalue weighted by molar-refractivity contribution is 7.92. The SMILES string of the molecule is CCC(C(=O)NC1CCCCC1)N(Cc1ccc(C)cc1)C(=O)CN(c1ccc(OC)cc1)S(=O)(=O)c1ccc(C)cc1. The maximum Gasteiger partial charge on any atom is 0.264 e. The summed E-state index contributed by atoms with van der Waals surface area (Å²) in [6, 6.07) is 20.2. The zero-order chi connectivity index (χ0) is 31.0. The maximum absolute atomic E-state index is 14.3. The molecule has 230 valence electrons. The van der Waals surface area contributed by atoms with Crippen molar-refractivity contribution in [2.24, 2.45) is 0 Å². The van der Waals surface area contributed by atoms with Crippen LogP contribution in [0.4, 0.5) is 5.69 Å². The van der Waals surface area contributed by atoms with E-state index < -0.39 is 28.5 Å². The van der Waals surface area contributed by atoms with Crippen molar-refractivity contribution in [3.05, 3.63) is 89.5 Å². The molecule has 1 fully saturated rings. The van der Waals surface area contributed by atoms with Crippen LogP contribution in [0, 0.1) is 13.8 Å². The predicted molar refractivity (Wildman–Crippen MR) is 170 cm³/mol. The van der Waals surface area contributed by atoms with Crippen LogP contribution in [0.15, 0.2) is 77.7 Å². The highest BCUT2D eigenvalue weighted by atomic mass is 32.2. The van der Waals surface area contributed by atoms with Crippen LogP contribution in [0.25, 0.3) is 0 Å². The number of carbonyl (C=O) groups excluding carboxylic acids is 2. The first-order valence-corrected chi connectivity index (χ1v) is 16.4. The third-order valence-electron chi connectivity index (χ3n) is 8.06. The van der Waals surface area contributed by atoms with E-state index in [1.165, 1.54) is 12.0 Å². The molecule has 1 unspecified atom stereocenters. The van der Waals surface area contributed by atoms with Crippen molar-refractivity contribution in [1.82, 2.24) is 10.2 Å². The number of hydrogen-bond acceptors (Lipinski definition) is 5. The number of sulfonamides is 1. The minimum atomic E-state index is -4.13. The van der Waals surface area contributed by atoms with Crippen LogP contribution < -0.4 is 14.4 Å². The summed E-state index contributed by atoms with van der Waals surface area (Å²) in [5.74, 6) is -0.0980. The van der Waals surface area contributed by atoms with Gasteiger partial charge in [0, 0.05) is 12.6 Å². The van der Waals surface area contributed by atoms with Gasteiger partial charge in [0.2, 0.25) is 11.8 Å². The van der Waals surface area contributed by atoms with E-state index in [9.17, 15) is 18.0 Å². The van der Waals surface area contributed by atoms with Crippen LogP contribution in [0.2, 0.25) is 0 Å². The van der Waals surface area contributed by atoms with Gasteiger partial charge in [0.25, 0.3) is 10.0 Å². The molecule has 1 saturated carbocycles. The molecule has 0 saturated heterocycles. The Bertz CT molecular complexity index is 1470. The van der Waals surface area contributed by atoms with Gasteiger partial charge in [0.05, 0.1) is 17.7 Å². The summed E-state index contributed by atoms with van der Waals surface area (Å²) in [7, 11) is -2.60. The first kappa shape index (κ1) is 32.1. The largest absolute Gasteiger partial charge is 0.497 e. The number of anilines is 1. The molecule has 4 rings (SSSR count). The average Bonchev–Trinajstić information content (AvgIpc) is 3.01. The number of aryl methyl sites for hydroxylation is 2. The molecule has 3 aromatic rings. The lowest BCUT2D eigenvalue weighted by molar-refractivity contribution is -0.140.